The first-order valence-corrected chi connectivity index (χ1v) is 4.26. The third kappa shape index (κ3) is 1.67. The Morgan fingerprint density at radius 3 is 2.42 bits per heavy atom. The van der Waals surface area contributed by atoms with Gasteiger partial charge in [0, 0.05) is 12.2 Å². The molecule has 0 bridgehead atoms. The van der Waals surface area contributed by atoms with Crippen LogP contribution in [0.5, 0.6) is 0 Å². The minimum absolute atomic E-state index is 0.305. The molecule has 0 unspecified atom stereocenters. The summed E-state index contributed by atoms with van der Waals surface area (Å²) in [6.07, 6.45) is 1.80. The number of aromatic nitrogens is 2. The Kier molecular flexibility index (Phi) is 2.24. The molecular weight excluding hydrogens is 150 g/mol. The molecule has 1 aromatic rings. The highest BCUT2D eigenvalue weighted by atomic mass is 15.3. The number of hydrogen-bond acceptors (Lipinski definition) is 2. The summed E-state index contributed by atoms with van der Waals surface area (Å²) in [6.45, 7) is 8.18. The Bertz CT molecular complexity index is 255. The molecule has 0 aliphatic heterocycles. The van der Waals surface area contributed by atoms with Crippen LogP contribution in [0, 0.1) is 0 Å². The molecule has 0 aliphatic carbocycles. The van der Waals surface area contributed by atoms with Gasteiger partial charge in [0.05, 0.1) is 11.2 Å². The molecule has 1 rings (SSSR count). The fourth-order valence-corrected chi connectivity index (χ4v) is 1.24. The summed E-state index contributed by atoms with van der Waals surface area (Å²) in [5, 5.41) is 4.22. The standard InChI is InChI=1S/C9H17N3/c1-7(2)12-8(5-6-11-12)9(3,4)10/h5-7H,10H2,1-4H3. The van der Waals surface area contributed by atoms with Crippen LogP contribution in [0.25, 0.3) is 0 Å². The Morgan fingerprint density at radius 2 is 2.08 bits per heavy atom. The monoisotopic (exact) mass is 167 g/mol. The zero-order chi connectivity index (χ0) is 9.35. The second kappa shape index (κ2) is 2.90. The van der Waals surface area contributed by atoms with Crippen molar-refractivity contribution in [2.45, 2.75) is 39.3 Å². The number of nitrogens with zero attached hydrogens (tertiary/aromatic N) is 2. The quantitative estimate of drug-likeness (QED) is 0.728. The minimum Gasteiger partial charge on any atom is -0.321 e. The van der Waals surface area contributed by atoms with Crippen molar-refractivity contribution in [3.8, 4) is 0 Å². The van der Waals surface area contributed by atoms with E-state index >= 15 is 0 Å². The van der Waals surface area contributed by atoms with E-state index in [1.54, 1.807) is 6.20 Å². The fraction of sp³-hybridized carbons (Fsp3) is 0.667. The predicted molar refractivity (Wildman–Crippen MR) is 49.8 cm³/mol. The largest absolute Gasteiger partial charge is 0.321 e. The molecule has 2 N–H and O–H groups in total. The van der Waals surface area contributed by atoms with Crippen LogP contribution in [0.1, 0.15) is 39.4 Å². The first-order chi connectivity index (χ1) is 5.43. The maximum Gasteiger partial charge on any atom is 0.0580 e. The summed E-state index contributed by atoms with van der Waals surface area (Å²) in [6, 6.07) is 2.35. The molecule has 3 nitrogen and oxygen atoms in total. The van der Waals surface area contributed by atoms with Crippen LogP contribution in [-0.4, -0.2) is 9.78 Å². The summed E-state index contributed by atoms with van der Waals surface area (Å²) in [5.41, 5.74) is 6.76. The Balaban J connectivity index is 3.08. The van der Waals surface area contributed by atoms with Crippen molar-refractivity contribution in [1.29, 1.82) is 0 Å². The molecule has 3 heteroatoms. The minimum atomic E-state index is -0.305. The molecule has 0 amide bonds. The SMILES string of the molecule is CC(C)n1nccc1C(C)(C)N. The van der Waals surface area contributed by atoms with Crippen LogP contribution >= 0.6 is 0 Å². The van der Waals surface area contributed by atoms with Gasteiger partial charge in [0.2, 0.25) is 0 Å². The van der Waals surface area contributed by atoms with Gasteiger partial charge in [-0.1, -0.05) is 0 Å². The van der Waals surface area contributed by atoms with Crippen molar-refractivity contribution < 1.29 is 0 Å². The summed E-state index contributed by atoms with van der Waals surface area (Å²) in [5.74, 6) is 0. The van der Waals surface area contributed by atoms with E-state index in [0.29, 0.717) is 6.04 Å². The Morgan fingerprint density at radius 1 is 1.50 bits per heavy atom. The summed E-state index contributed by atoms with van der Waals surface area (Å²) < 4.78 is 1.96. The zero-order valence-electron chi connectivity index (χ0n) is 8.20. The average Bonchev–Trinajstić information content (AvgIpc) is 2.30. The maximum atomic E-state index is 5.98. The van der Waals surface area contributed by atoms with Gasteiger partial charge in [-0.3, -0.25) is 4.68 Å². The third-order valence-electron chi connectivity index (χ3n) is 1.82. The van der Waals surface area contributed by atoms with Gasteiger partial charge >= 0.3 is 0 Å². The lowest BCUT2D eigenvalue weighted by Crippen LogP contribution is -2.32. The molecule has 1 heterocycles. The van der Waals surface area contributed by atoms with Crippen molar-refractivity contribution in [2.24, 2.45) is 5.73 Å². The Hall–Kier alpha value is -0.830. The molecular formula is C9H17N3. The fourth-order valence-electron chi connectivity index (χ4n) is 1.24. The van der Waals surface area contributed by atoms with E-state index in [-0.39, 0.29) is 5.54 Å². The highest BCUT2D eigenvalue weighted by Crippen LogP contribution is 2.18. The van der Waals surface area contributed by atoms with E-state index in [1.807, 2.05) is 24.6 Å². The number of nitrogens with two attached hydrogens (primary N) is 1. The highest BCUT2D eigenvalue weighted by molar-refractivity contribution is 5.11. The van der Waals surface area contributed by atoms with Crippen LogP contribution in [0.4, 0.5) is 0 Å². The summed E-state index contributed by atoms with van der Waals surface area (Å²) in [4.78, 5) is 0. The molecule has 0 fully saturated rings. The predicted octanol–water partition coefficient (Wildman–Crippen LogP) is 1.66. The van der Waals surface area contributed by atoms with Gasteiger partial charge in [-0.15, -0.1) is 0 Å². The van der Waals surface area contributed by atoms with Crippen LogP contribution < -0.4 is 5.73 Å². The van der Waals surface area contributed by atoms with Crippen molar-refractivity contribution in [1.82, 2.24) is 9.78 Å². The van der Waals surface area contributed by atoms with Gasteiger partial charge in [0.25, 0.3) is 0 Å². The molecule has 1 aromatic heterocycles. The van der Waals surface area contributed by atoms with E-state index in [9.17, 15) is 0 Å². The van der Waals surface area contributed by atoms with Gasteiger partial charge in [0.1, 0.15) is 0 Å². The van der Waals surface area contributed by atoms with Gasteiger partial charge in [0.15, 0.2) is 0 Å². The van der Waals surface area contributed by atoms with Gasteiger partial charge in [-0.2, -0.15) is 5.10 Å². The van der Waals surface area contributed by atoms with Gasteiger partial charge in [-0.05, 0) is 33.8 Å². The highest BCUT2D eigenvalue weighted by Gasteiger charge is 2.19. The van der Waals surface area contributed by atoms with Crippen LogP contribution in [0.3, 0.4) is 0 Å². The molecule has 0 aromatic carbocycles. The van der Waals surface area contributed by atoms with E-state index < -0.39 is 0 Å². The van der Waals surface area contributed by atoms with Crippen molar-refractivity contribution in [3.63, 3.8) is 0 Å². The van der Waals surface area contributed by atoms with E-state index in [0.717, 1.165) is 5.69 Å². The summed E-state index contributed by atoms with van der Waals surface area (Å²) in [7, 11) is 0. The Labute approximate surface area is 73.6 Å². The zero-order valence-corrected chi connectivity index (χ0v) is 8.20. The maximum absolute atomic E-state index is 5.98. The van der Waals surface area contributed by atoms with Crippen LogP contribution in [0.15, 0.2) is 12.3 Å². The van der Waals surface area contributed by atoms with Gasteiger partial charge in [-0.25, -0.2) is 0 Å². The van der Waals surface area contributed by atoms with Crippen LogP contribution in [-0.2, 0) is 5.54 Å². The lowest BCUT2D eigenvalue weighted by Gasteiger charge is -2.22. The molecule has 68 valence electrons. The second-order valence-corrected chi connectivity index (χ2v) is 3.98. The second-order valence-electron chi connectivity index (χ2n) is 3.98. The molecule has 0 aliphatic rings. The van der Waals surface area contributed by atoms with Gasteiger partial charge < -0.3 is 5.73 Å². The first-order valence-electron chi connectivity index (χ1n) is 4.26. The number of rotatable bonds is 2. The lowest BCUT2D eigenvalue weighted by molar-refractivity contribution is 0.433. The molecule has 0 spiro atoms. The molecule has 0 atom stereocenters. The first kappa shape index (κ1) is 9.26. The topological polar surface area (TPSA) is 43.8 Å². The molecule has 12 heavy (non-hydrogen) atoms. The van der Waals surface area contributed by atoms with Crippen molar-refractivity contribution >= 4 is 0 Å². The molecule has 0 radical (unpaired) electrons. The third-order valence-corrected chi connectivity index (χ3v) is 1.82. The number of hydrogen-bond donors (Lipinski definition) is 1. The molecule has 0 saturated carbocycles. The van der Waals surface area contributed by atoms with Crippen molar-refractivity contribution in [3.05, 3.63) is 18.0 Å². The van der Waals surface area contributed by atoms with E-state index in [1.165, 1.54) is 0 Å². The average molecular weight is 167 g/mol. The van der Waals surface area contributed by atoms with E-state index in [2.05, 4.69) is 18.9 Å². The lowest BCUT2D eigenvalue weighted by atomic mass is 10.0. The van der Waals surface area contributed by atoms with E-state index in [4.69, 9.17) is 5.73 Å². The normalized spacial score (nSPS) is 12.5. The smallest absolute Gasteiger partial charge is 0.0580 e. The van der Waals surface area contributed by atoms with Crippen LogP contribution in [0.2, 0.25) is 0 Å². The molecule has 0 saturated heterocycles. The summed E-state index contributed by atoms with van der Waals surface area (Å²) >= 11 is 0. The van der Waals surface area contributed by atoms with Crippen molar-refractivity contribution in [2.75, 3.05) is 0 Å².